The quantitative estimate of drug-likeness (QED) is 0.198. The van der Waals surface area contributed by atoms with Crippen molar-refractivity contribution >= 4 is 34.5 Å². The molecule has 1 saturated heterocycles. The van der Waals surface area contributed by atoms with Crippen LogP contribution in [-0.4, -0.2) is 12.8 Å². The maximum atomic E-state index is 15.3. The van der Waals surface area contributed by atoms with Crippen molar-refractivity contribution in [2.45, 2.75) is 45.1 Å². The molecular formula is C31H28ClF2N3O. The summed E-state index contributed by atoms with van der Waals surface area (Å²) in [5.74, 6) is -0.404. The molecule has 38 heavy (non-hydrogen) atoms. The van der Waals surface area contributed by atoms with Gasteiger partial charge in [-0.05, 0) is 89.4 Å². The van der Waals surface area contributed by atoms with E-state index < -0.39 is 12.1 Å². The van der Waals surface area contributed by atoms with Gasteiger partial charge in [0.05, 0.1) is 16.8 Å². The Kier molecular flexibility index (Phi) is 7.90. The Morgan fingerprint density at radius 3 is 2.61 bits per heavy atom. The van der Waals surface area contributed by atoms with Crippen LogP contribution in [0.25, 0.3) is 17.2 Å². The van der Waals surface area contributed by atoms with E-state index in [0.29, 0.717) is 23.6 Å². The minimum Gasteiger partial charge on any atom is -0.357 e. The number of allylic oxidation sites excluding steroid dienone is 2. The summed E-state index contributed by atoms with van der Waals surface area (Å²) in [6.07, 6.45) is 5.10. The monoisotopic (exact) mass is 531 g/mol. The first-order valence-electron chi connectivity index (χ1n) is 12.8. The highest BCUT2D eigenvalue weighted by Gasteiger charge is 2.34. The van der Waals surface area contributed by atoms with Crippen LogP contribution in [0.2, 0.25) is 5.02 Å². The Balaban J connectivity index is 1.65. The zero-order valence-corrected chi connectivity index (χ0v) is 21.8. The van der Waals surface area contributed by atoms with Crippen LogP contribution in [0.4, 0.5) is 14.5 Å². The molecule has 194 valence electrons. The maximum Gasteiger partial charge on any atom is 0.195 e. The van der Waals surface area contributed by atoms with E-state index >= 15 is 4.39 Å². The van der Waals surface area contributed by atoms with Crippen LogP contribution in [0.1, 0.15) is 66.7 Å². The van der Waals surface area contributed by atoms with E-state index in [2.05, 4.69) is 5.43 Å². The zero-order valence-electron chi connectivity index (χ0n) is 21.1. The zero-order chi connectivity index (χ0) is 26.6. The molecule has 2 atom stereocenters. The minimum atomic E-state index is -1.37. The number of alkyl halides is 1. The van der Waals surface area contributed by atoms with Crippen molar-refractivity contribution in [3.8, 4) is 6.07 Å². The third-order valence-electron chi connectivity index (χ3n) is 7.01. The number of nitrogens with one attached hydrogen (secondary N) is 1. The number of rotatable bonds is 6. The fourth-order valence-corrected chi connectivity index (χ4v) is 5.49. The predicted octanol–water partition coefficient (Wildman–Crippen LogP) is 8.20. The fourth-order valence-electron chi connectivity index (χ4n) is 5.20. The smallest absolute Gasteiger partial charge is 0.195 e. The van der Waals surface area contributed by atoms with Crippen molar-refractivity contribution in [2.75, 3.05) is 11.6 Å². The molecule has 3 aromatic carbocycles. The van der Waals surface area contributed by atoms with E-state index in [-0.39, 0.29) is 6.23 Å². The van der Waals surface area contributed by atoms with Crippen molar-refractivity contribution in [1.82, 2.24) is 5.43 Å². The summed E-state index contributed by atoms with van der Waals surface area (Å²) in [5, 5.41) is 11.0. The Morgan fingerprint density at radius 1 is 1.13 bits per heavy atom. The highest BCUT2D eigenvalue weighted by atomic mass is 35.5. The molecule has 3 aromatic rings. The van der Waals surface area contributed by atoms with Crippen LogP contribution in [0.15, 0.2) is 66.7 Å². The van der Waals surface area contributed by atoms with Crippen LogP contribution in [0, 0.1) is 17.1 Å². The van der Waals surface area contributed by atoms with E-state index in [4.69, 9.17) is 21.6 Å². The normalized spacial score (nSPS) is 19.8. The molecule has 2 aliphatic heterocycles. The molecule has 0 saturated carbocycles. The largest absolute Gasteiger partial charge is 0.357 e. The van der Waals surface area contributed by atoms with Gasteiger partial charge in [0.15, 0.2) is 6.30 Å². The Hall–Kier alpha value is -3.50. The third kappa shape index (κ3) is 5.23. The lowest BCUT2D eigenvalue weighted by Gasteiger charge is -2.32. The second-order valence-corrected chi connectivity index (χ2v) is 9.78. The van der Waals surface area contributed by atoms with Crippen LogP contribution in [0.3, 0.4) is 0 Å². The highest BCUT2D eigenvalue weighted by molar-refractivity contribution is 6.32. The summed E-state index contributed by atoms with van der Waals surface area (Å²) >= 11 is 6.52. The lowest BCUT2D eigenvalue weighted by Crippen LogP contribution is -2.45. The lowest BCUT2D eigenvalue weighted by atomic mass is 9.87. The van der Waals surface area contributed by atoms with E-state index in [1.165, 1.54) is 18.2 Å². The molecule has 5 rings (SSSR count). The van der Waals surface area contributed by atoms with Gasteiger partial charge in [-0.2, -0.15) is 10.7 Å². The van der Waals surface area contributed by atoms with Crippen molar-refractivity contribution in [2.24, 2.45) is 0 Å². The minimum absolute atomic E-state index is 0.206. The first-order valence-corrected chi connectivity index (χ1v) is 13.2. The van der Waals surface area contributed by atoms with Gasteiger partial charge in [0.2, 0.25) is 0 Å². The van der Waals surface area contributed by atoms with Gasteiger partial charge >= 0.3 is 0 Å². The molecule has 0 spiro atoms. The average molecular weight is 532 g/mol. The lowest BCUT2D eigenvalue weighted by molar-refractivity contribution is 0.00520. The molecule has 4 nitrogen and oxygen atoms in total. The van der Waals surface area contributed by atoms with Crippen LogP contribution in [-0.2, 0) is 4.74 Å². The van der Waals surface area contributed by atoms with Crippen molar-refractivity contribution < 1.29 is 13.5 Å². The molecule has 1 fully saturated rings. The molecule has 0 aromatic heterocycles. The summed E-state index contributed by atoms with van der Waals surface area (Å²) in [4.78, 5) is 0. The van der Waals surface area contributed by atoms with Gasteiger partial charge in [-0.3, -0.25) is 5.01 Å². The number of nitrogens with zero attached hydrogens (tertiary/aromatic N) is 2. The first-order chi connectivity index (χ1) is 18.5. The van der Waals surface area contributed by atoms with E-state index in [1.54, 1.807) is 17.2 Å². The number of hydrogen-bond donors (Lipinski definition) is 1. The molecule has 0 amide bonds. The van der Waals surface area contributed by atoms with Crippen LogP contribution < -0.4 is 10.4 Å². The second-order valence-electron chi connectivity index (χ2n) is 9.37. The molecule has 0 radical (unpaired) electrons. The van der Waals surface area contributed by atoms with Gasteiger partial charge in [-0.1, -0.05) is 54.9 Å². The molecule has 0 aliphatic carbocycles. The number of hydrogen-bond acceptors (Lipinski definition) is 4. The fraction of sp³-hybridized carbons (Fsp3) is 0.258. The number of anilines is 1. The first kappa shape index (κ1) is 26.1. The van der Waals surface area contributed by atoms with Gasteiger partial charge in [-0.15, -0.1) is 0 Å². The van der Waals surface area contributed by atoms with E-state index in [0.717, 1.165) is 58.3 Å². The third-order valence-corrected chi connectivity index (χ3v) is 7.32. The van der Waals surface area contributed by atoms with Crippen molar-refractivity contribution in [1.29, 1.82) is 5.26 Å². The summed E-state index contributed by atoms with van der Waals surface area (Å²) in [5.41, 5.74) is 9.41. The van der Waals surface area contributed by atoms with Gasteiger partial charge in [0.1, 0.15) is 12.0 Å². The van der Waals surface area contributed by atoms with Gasteiger partial charge in [0, 0.05) is 18.2 Å². The molecule has 7 heteroatoms. The molecule has 0 bridgehead atoms. The van der Waals surface area contributed by atoms with Crippen LogP contribution >= 0.6 is 11.6 Å². The van der Waals surface area contributed by atoms with Crippen molar-refractivity contribution in [3.63, 3.8) is 0 Å². The number of hydrazine groups is 1. The van der Waals surface area contributed by atoms with Gasteiger partial charge < -0.3 is 4.74 Å². The summed E-state index contributed by atoms with van der Waals surface area (Å²) in [6.45, 7) is 2.69. The van der Waals surface area contributed by atoms with E-state index in [9.17, 15) is 4.39 Å². The number of halogens is 3. The van der Waals surface area contributed by atoms with Gasteiger partial charge in [-0.25, -0.2) is 8.78 Å². The standard InChI is InChI=1S/C31H28ClF2N3O/c1-2-24(25-14-13-23(33)19-27(25)32)30(21-10-8-20(9-11-21)6-5-16-35)22-12-15-28-26(18-22)31(34)36-37(28)29-7-3-4-17-38-29/h5-6,8-15,18-19,29,31,36H,2-4,7,17H2,1H3/b6-5+,30-24+. The number of fused-ring (bicyclic) bond motifs is 1. The summed E-state index contributed by atoms with van der Waals surface area (Å²) in [7, 11) is 0. The number of ether oxygens (including phenoxy) is 1. The average Bonchev–Trinajstić information content (AvgIpc) is 3.27. The summed E-state index contributed by atoms with van der Waals surface area (Å²) < 4.78 is 35.1. The molecule has 2 unspecified atom stereocenters. The molecule has 2 heterocycles. The molecule has 2 aliphatic rings. The highest BCUT2D eigenvalue weighted by Crippen LogP contribution is 2.42. The Labute approximate surface area is 226 Å². The molecular weight excluding hydrogens is 504 g/mol. The molecule has 1 N–H and O–H groups in total. The van der Waals surface area contributed by atoms with Gasteiger partial charge in [0.25, 0.3) is 0 Å². The SMILES string of the molecule is CC/C(=C(/c1ccc(/C=C/C#N)cc1)c1ccc2c(c1)C(F)NN2C1CCCCO1)c1ccc(F)cc1Cl. The topological polar surface area (TPSA) is 48.3 Å². The summed E-state index contributed by atoms with van der Waals surface area (Å²) in [6, 6.07) is 20.0. The predicted molar refractivity (Wildman–Crippen MR) is 148 cm³/mol. The second kappa shape index (κ2) is 11.5. The van der Waals surface area contributed by atoms with Crippen LogP contribution in [0.5, 0.6) is 0 Å². The van der Waals surface area contributed by atoms with Crippen molar-refractivity contribution in [3.05, 3.63) is 105 Å². The maximum absolute atomic E-state index is 15.3. The Bertz CT molecular complexity index is 1420. The number of nitriles is 1. The Morgan fingerprint density at radius 2 is 1.92 bits per heavy atom. The number of benzene rings is 3. The van der Waals surface area contributed by atoms with E-state index in [1.807, 2.05) is 55.5 Å².